The molecule has 1 aliphatic heterocycles. The number of nitrogens with one attached hydrogen (secondary N) is 3. The molecule has 1 unspecified atom stereocenters. The van der Waals surface area contributed by atoms with E-state index in [4.69, 9.17) is 9.47 Å². The number of nitro benzene ring substituents is 1. The number of esters is 1. The molecule has 1 atom stereocenters. The Morgan fingerprint density at radius 2 is 1.81 bits per heavy atom. The number of ether oxygens (including phenoxy) is 2. The fourth-order valence-electron chi connectivity index (χ4n) is 3.84. The summed E-state index contributed by atoms with van der Waals surface area (Å²) in [6, 6.07) is 10.4. The van der Waals surface area contributed by atoms with Gasteiger partial charge in [0.1, 0.15) is 6.61 Å². The summed E-state index contributed by atoms with van der Waals surface area (Å²) in [6.45, 7) is 4.36. The highest BCUT2D eigenvalue weighted by atomic mass is 16.6. The second kappa shape index (κ2) is 12.5. The Kier molecular flexibility index (Phi) is 9.16. The van der Waals surface area contributed by atoms with E-state index in [2.05, 4.69) is 16.0 Å². The van der Waals surface area contributed by atoms with Crippen molar-refractivity contribution >= 4 is 35.1 Å². The molecule has 1 aliphatic rings. The summed E-state index contributed by atoms with van der Waals surface area (Å²) in [5, 5.41) is 19.0. The third-order valence-corrected chi connectivity index (χ3v) is 5.60. The van der Waals surface area contributed by atoms with Gasteiger partial charge >= 0.3 is 18.0 Å². The summed E-state index contributed by atoms with van der Waals surface area (Å²) in [7, 11) is 1.50. The minimum absolute atomic E-state index is 0.0605. The standard InChI is InChI=1S/C25H29N5O7/c1-4-12-29-16(2)21(23(31)37-14-13-36-3)22(28-25(29)33)17-6-5-7-19(15-17)27-24(32)26-18-8-10-20(11-9-18)30(34)35/h5-11,15,22H,4,12-14H2,1-3H3,(H,28,33)(H2,26,27,32). The van der Waals surface area contributed by atoms with Crippen molar-refractivity contribution in [2.45, 2.75) is 26.3 Å². The van der Waals surface area contributed by atoms with Crippen LogP contribution >= 0.6 is 0 Å². The molecule has 0 radical (unpaired) electrons. The minimum atomic E-state index is -0.796. The predicted molar refractivity (Wildman–Crippen MR) is 136 cm³/mol. The van der Waals surface area contributed by atoms with Crippen molar-refractivity contribution in [2.24, 2.45) is 0 Å². The lowest BCUT2D eigenvalue weighted by Crippen LogP contribution is -2.48. The Labute approximate surface area is 213 Å². The second-order valence-corrected chi connectivity index (χ2v) is 8.17. The number of non-ortho nitro benzene ring substituents is 1. The van der Waals surface area contributed by atoms with Crippen LogP contribution in [-0.2, 0) is 14.3 Å². The molecule has 0 spiro atoms. The van der Waals surface area contributed by atoms with Gasteiger partial charge in [-0.25, -0.2) is 14.4 Å². The van der Waals surface area contributed by atoms with Crippen LogP contribution in [0.1, 0.15) is 31.9 Å². The molecule has 37 heavy (non-hydrogen) atoms. The number of carbonyl (C=O) groups is 3. The smallest absolute Gasteiger partial charge is 0.338 e. The van der Waals surface area contributed by atoms with Crippen LogP contribution in [-0.4, -0.2) is 54.7 Å². The van der Waals surface area contributed by atoms with Gasteiger partial charge in [-0.05, 0) is 43.2 Å². The first-order valence-electron chi connectivity index (χ1n) is 11.6. The van der Waals surface area contributed by atoms with Gasteiger partial charge in [0.15, 0.2) is 0 Å². The molecule has 196 valence electrons. The maximum Gasteiger partial charge on any atom is 0.338 e. The highest BCUT2D eigenvalue weighted by Gasteiger charge is 2.36. The third-order valence-electron chi connectivity index (χ3n) is 5.60. The molecule has 0 aromatic heterocycles. The number of hydrogen-bond acceptors (Lipinski definition) is 7. The van der Waals surface area contributed by atoms with Crippen molar-refractivity contribution in [1.29, 1.82) is 0 Å². The Balaban J connectivity index is 1.82. The zero-order chi connectivity index (χ0) is 26.9. The van der Waals surface area contributed by atoms with Crippen LogP contribution in [0.15, 0.2) is 59.8 Å². The molecule has 12 heteroatoms. The van der Waals surface area contributed by atoms with E-state index in [0.29, 0.717) is 35.6 Å². The van der Waals surface area contributed by atoms with Gasteiger partial charge in [-0.15, -0.1) is 0 Å². The summed E-state index contributed by atoms with van der Waals surface area (Å²) < 4.78 is 10.3. The van der Waals surface area contributed by atoms with Gasteiger partial charge in [0.2, 0.25) is 0 Å². The average Bonchev–Trinajstić information content (AvgIpc) is 2.86. The zero-order valence-electron chi connectivity index (χ0n) is 20.8. The Hall–Kier alpha value is -4.45. The van der Waals surface area contributed by atoms with Crippen molar-refractivity contribution in [3.05, 3.63) is 75.5 Å². The van der Waals surface area contributed by atoms with E-state index in [1.54, 1.807) is 31.2 Å². The first-order valence-corrected chi connectivity index (χ1v) is 11.6. The van der Waals surface area contributed by atoms with Gasteiger partial charge in [0.25, 0.3) is 5.69 Å². The average molecular weight is 512 g/mol. The van der Waals surface area contributed by atoms with Crippen molar-refractivity contribution in [1.82, 2.24) is 10.2 Å². The molecule has 0 aliphatic carbocycles. The Morgan fingerprint density at radius 3 is 2.46 bits per heavy atom. The number of amides is 4. The monoisotopic (exact) mass is 511 g/mol. The van der Waals surface area contributed by atoms with E-state index in [9.17, 15) is 24.5 Å². The number of nitrogens with zero attached hydrogens (tertiary/aromatic N) is 2. The Bertz CT molecular complexity index is 1200. The van der Waals surface area contributed by atoms with Crippen LogP contribution in [0.5, 0.6) is 0 Å². The molecule has 3 rings (SSSR count). The molecule has 0 saturated heterocycles. The van der Waals surface area contributed by atoms with Crippen LogP contribution in [0.2, 0.25) is 0 Å². The van der Waals surface area contributed by atoms with Crippen LogP contribution in [0, 0.1) is 10.1 Å². The zero-order valence-corrected chi connectivity index (χ0v) is 20.8. The molecular weight excluding hydrogens is 482 g/mol. The van der Waals surface area contributed by atoms with Crippen LogP contribution in [0.25, 0.3) is 0 Å². The van der Waals surface area contributed by atoms with Gasteiger partial charge in [0.05, 0.1) is 23.1 Å². The van der Waals surface area contributed by atoms with Crippen molar-refractivity contribution in [3.8, 4) is 0 Å². The van der Waals surface area contributed by atoms with Gasteiger partial charge in [-0.2, -0.15) is 0 Å². The number of anilines is 2. The van der Waals surface area contributed by atoms with E-state index in [1.165, 1.54) is 36.3 Å². The molecule has 3 N–H and O–H groups in total. The molecule has 0 saturated carbocycles. The molecular formula is C25H29N5O7. The molecule has 2 aromatic rings. The van der Waals surface area contributed by atoms with Gasteiger partial charge in [-0.3, -0.25) is 15.0 Å². The first kappa shape index (κ1) is 27.1. The van der Waals surface area contributed by atoms with E-state index in [1.807, 2.05) is 6.92 Å². The van der Waals surface area contributed by atoms with E-state index >= 15 is 0 Å². The lowest BCUT2D eigenvalue weighted by molar-refractivity contribution is -0.384. The van der Waals surface area contributed by atoms with Crippen molar-refractivity contribution < 1.29 is 28.8 Å². The highest BCUT2D eigenvalue weighted by molar-refractivity contribution is 6.00. The molecule has 12 nitrogen and oxygen atoms in total. The third kappa shape index (κ3) is 6.82. The maximum atomic E-state index is 13.0. The maximum absolute atomic E-state index is 13.0. The summed E-state index contributed by atoms with van der Waals surface area (Å²) in [6.07, 6.45) is 0.699. The SMILES string of the molecule is CCCN1C(=O)NC(c2cccc(NC(=O)Nc3ccc([N+](=O)[O-])cc3)c2)C(C(=O)OCCOC)=C1C. The fraction of sp³-hybridized carbons (Fsp3) is 0.320. The second-order valence-electron chi connectivity index (χ2n) is 8.17. The number of nitro groups is 1. The van der Waals surface area contributed by atoms with Crippen molar-refractivity contribution in [2.75, 3.05) is 37.5 Å². The van der Waals surface area contributed by atoms with E-state index in [-0.39, 0.29) is 30.5 Å². The fourth-order valence-corrected chi connectivity index (χ4v) is 3.84. The highest BCUT2D eigenvalue weighted by Crippen LogP contribution is 2.32. The van der Waals surface area contributed by atoms with Gasteiger partial charge < -0.3 is 25.4 Å². The number of carbonyl (C=O) groups excluding carboxylic acids is 3. The predicted octanol–water partition coefficient (Wildman–Crippen LogP) is 4.18. The molecule has 0 fully saturated rings. The quantitative estimate of drug-likeness (QED) is 0.187. The molecule has 0 bridgehead atoms. The minimum Gasteiger partial charge on any atom is -0.460 e. The van der Waals surface area contributed by atoms with E-state index in [0.717, 1.165) is 0 Å². The lowest BCUT2D eigenvalue weighted by Gasteiger charge is -2.35. The van der Waals surface area contributed by atoms with Crippen LogP contribution < -0.4 is 16.0 Å². The number of methoxy groups -OCH3 is 1. The number of allylic oxidation sites excluding steroid dienone is 1. The number of urea groups is 2. The lowest BCUT2D eigenvalue weighted by atomic mass is 9.94. The number of hydrogen-bond donors (Lipinski definition) is 3. The summed E-state index contributed by atoms with van der Waals surface area (Å²) in [5.41, 5.74) is 2.03. The van der Waals surface area contributed by atoms with Crippen molar-refractivity contribution in [3.63, 3.8) is 0 Å². The largest absolute Gasteiger partial charge is 0.460 e. The summed E-state index contributed by atoms with van der Waals surface area (Å²) in [5.74, 6) is -0.574. The molecule has 1 heterocycles. The first-order chi connectivity index (χ1) is 17.7. The normalized spacial score (nSPS) is 15.2. The summed E-state index contributed by atoms with van der Waals surface area (Å²) >= 11 is 0. The van der Waals surface area contributed by atoms with Crippen LogP contribution in [0.4, 0.5) is 26.7 Å². The van der Waals surface area contributed by atoms with E-state index < -0.39 is 23.0 Å². The summed E-state index contributed by atoms with van der Waals surface area (Å²) in [4.78, 5) is 50.1. The number of rotatable bonds is 10. The molecule has 2 aromatic carbocycles. The molecule has 4 amide bonds. The van der Waals surface area contributed by atoms with Gasteiger partial charge in [-0.1, -0.05) is 19.1 Å². The number of benzene rings is 2. The topological polar surface area (TPSA) is 152 Å². The van der Waals surface area contributed by atoms with Gasteiger partial charge in [0, 0.05) is 42.9 Å². The Morgan fingerprint density at radius 1 is 1.11 bits per heavy atom. The van der Waals surface area contributed by atoms with Crippen LogP contribution in [0.3, 0.4) is 0 Å².